The number of hydrogen-bond donors (Lipinski definition) is 0. The van der Waals surface area contributed by atoms with Gasteiger partial charge < -0.3 is 0 Å². The van der Waals surface area contributed by atoms with E-state index in [1.165, 1.54) is 14.7 Å². The molecule has 0 unspecified atom stereocenters. The molecule has 1 aliphatic rings. The Hall–Kier alpha value is -0.0900. The monoisotopic (exact) mass is 259 g/mol. The number of halogens is 1. The lowest BCUT2D eigenvalue weighted by molar-refractivity contribution is 0.353. The van der Waals surface area contributed by atoms with E-state index >= 15 is 0 Å². The van der Waals surface area contributed by atoms with Crippen LogP contribution in [0.25, 0.3) is 0 Å². The van der Waals surface area contributed by atoms with E-state index in [9.17, 15) is 0 Å². The van der Waals surface area contributed by atoms with Crippen molar-refractivity contribution in [3.05, 3.63) is 32.9 Å². The lowest BCUT2D eigenvalue weighted by atomic mass is 10.1. The third-order valence-electron chi connectivity index (χ3n) is 2.08. The van der Waals surface area contributed by atoms with Gasteiger partial charge in [0.1, 0.15) is 0 Å². The SMILES string of the molecule is CN1Cc2cccc(I)c2C1. The fraction of sp³-hybridized carbons (Fsp3) is 0.333. The maximum absolute atomic E-state index is 2.41. The van der Waals surface area contributed by atoms with E-state index in [0.717, 1.165) is 13.1 Å². The van der Waals surface area contributed by atoms with E-state index in [1.54, 1.807) is 0 Å². The minimum absolute atomic E-state index is 1.12. The minimum Gasteiger partial charge on any atom is -0.298 e. The van der Waals surface area contributed by atoms with E-state index in [4.69, 9.17) is 0 Å². The summed E-state index contributed by atoms with van der Waals surface area (Å²) >= 11 is 2.41. The van der Waals surface area contributed by atoms with E-state index in [-0.39, 0.29) is 0 Å². The van der Waals surface area contributed by atoms with Gasteiger partial charge in [-0.25, -0.2) is 0 Å². The first-order valence-corrected chi connectivity index (χ1v) is 4.80. The number of benzene rings is 1. The molecule has 0 aromatic heterocycles. The van der Waals surface area contributed by atoms with Crippen molar-refractivity contribution >= 4 is 22.6 Å². The smallest absolute Gasteiger partial charge is 0.0247 e. The first-order valence-electron chi connectivity index (χ1n) is 3.72. The summed E-state index contributed by atoms with van der Waals surface area (Å²) in [4.78, 5) is 2.34. The van der Waals surface area contributed by atoms with Crippen LogP contribution in [0.3, 0.4) is 0 Å². The Morgan fingerprint density at radius 1 is 1.36 bits per heavy atom. The number of nitrogens with zero attached hydrogens (tertiary/aromatic N) is 1. The zero-order valence-corrected chi connectivity index (χ0v) is 8.63. The first-order chi connectivity index (χ1) is 5.27. The highest BCUT2D eigenvalue weighted by atomic mass is 127. The van der Waals surface area contributed by atoms with Crippen molar-refractivity contribution in [2.45, 2.75) is 13.1 Å². The van der Waals surface area contributed by atoms with Gasteiger partial charge >= 0.3 is 0 Å². The normalized spacial score (nSPS) is 16.9. The molecule has 0 saturated heterocycles. The van der Waals surface area contributed by atoms with Gasteiger partial charge in [0.05, 0.1) is 0 Å². The van der Waals surface area contributed by atoms with E-state index in [0.29, 0.717) is 0 Å². The number of rotatable bonds is 0. The van der Waals surface area contributed by atoms with Gasteiger partial charge in [-0.05, 0) is 46.8 Å². The third kappa shape index (κ3) is 1.29. The molecule has 0 amide bonds. The summed E-state index contributed by atoms with van der Waals surface area (Å²) in [5.74, 6) is 0. The molecule has 0 fully saturated rings. The Bertz CT molecular complexity index is 283. The average molecular weight is 259 g/mol. The number of fused-ring (bicyclic) bond motifs is 1. The van der Waals surface area contributed by atoms with Gasteiger partial charge in [-0.15, -0.1) is 0 Å². The molecule has 0 aliphatic carbocycles. The fourth-order valence-electron chi connectivity index (χ4n) is 1.55. The summed E-state index contributed by atoms with van der Waals surface area (Å²) in [5, 5.41) is 0. The summed E-state index contributed by atoms with van der Waals surface area (Å²) in [6, 6.07) is 6.54. The largest absolute Gasteiger partial charge is 0.298 e. The summed E-state index contributed by atoms with van der Waals surface area (Å²) < 4.78 is 1.41. The van der Waals surface area contributed by atoms with Crippen LogP contribution >= 0.6 is 22.6 Å². The molecule has 2 rings (SSSR count). The van der Waals surface area contributed by atoms with Crippen LogP contribution in [0.2, 0.25) is 0 Å². The van der Waals surface area contributed by atoms with Gasteiger partial charge in [-0.2, -0.15) is 0 Å². The topological polar surface area (TPSA) is 3.24 Å². The molecule has 1 aliphatic heterocycles. The molecular formula is C9H10IN. The van der Waals surface area contributed by atoms with Gasteiger partial charge in [-0.3, -0.25) is 4.90 Å². The van der Waals surface area contributed by atoms with Crippen molar-refractivity contribution in [3.8, 4) is 0 Å². The highest BCUT2D eigenvalue weighted by Crippen LogP contribution is 2.25. The zero-order valence-electron chi connectivity index (χ0n) is 6.47. The van der Waals surface area contributed by atoms with Crippen LogP contribution in [0, 0.1) is 3.57 Å². The highest BCUT2D eigenvalue weighted by molar-refractivity contribution is 14.1. The van der Waals surface area contributed by atoms with E-state index in [1.807, 2.05) is 0 Å². The van der Waals surface area contributed by atoms with Gasteiger partial charge in [0.25, 0.3) is 0 Å². The molecule has 1 aromatic carbocycles. The maximum Gasteiger partial charge on any atom is 0.0247 e. The van der Waals surface area contributed by atoms with Crippen LogP contribution in [0.5, 0.6) is 0 Å². The molecule has 11 heavy (non-hydrogen) atoms. The van der Waals surface area contributed by atoms with E-state index < -0.39 is 0 Å². The predicted octanol–water partition coefficient (Wildman–Crippen LogP) is 2.24. The quantitative estimate of drug-likeness (QED) is 0.646. The average Bonchev–Trinajstić information content (AvgIpc) is 2.31. The Kier molecular flexibility index (Phi) is 1.89. The van der Waals surface area contributed by atoms with Gasteiger partial charge in [0.2, 0.25) is 0 Å². The predicted molar refractivity (Wildman–Crippen MR) is 54.3 cm³/mol. The summed E-state index contributed by atoms with van der Waals surface area (Å²) in [6.07, 6.45) is 0. The summed E-state index contributed by atoms with van der Waals surface area (Å²) in [7, 11) is 2.16. The molecule has 0 radical (unpaired) electrons. The minimum atomic E-state index is 1.12. The first kappa shape index (κ1) is 7.55. The molecule has 2 heteroatoms. The second-order valence-electron chi connectivity index (χ2n) is 3.05. The Balaban J connectivity index is 2.49. The molecule has 0 saturated carbocycles. The van der Waals surface area contributed by atoms with Crippen LogP contribution in [-0.4, -0.2) is 11.9 Å². The van der Waals surface area contributed by atoms with E-state index in [2.05, 4.69) is 52.7 Å². The number of hydrogen-bond acceptors (Lipinski definition) is 1. The van der Waals surface area contributed by atoms with Crippen molar-refractivity contribution in [2.75, 3.05) is 7.05 Å². The highest BCUT2D eigenvalue weighted by Gasteiger charge is 2.16. The molecule has 58 valence electrons. The van der Waals surface area contributed by atoms with Crippen LogP contribution in [-0.2, 0) is 13.1 Å². The van der Waals surface area contributed by atoms with Gasteiger partial charge in [-0.1, -0.05) is 12.1 Å². The molecule has 0 N–H and O–H groups in total. The molecular weight excluding hydrogens is 249 g/mol. The lowest BCUT2D eigenvalue weighted by Crippen LogP contribution is -2.07. The van der Waals surface area contributed by atoms with Gasteiger partial charge in [0.15, 0.2) is 0 Å². The molecule has 0 atom stereocenters. The molecule has 0 bridgehead atoms. The molecule has 1 nitrogen and oxygen atoms in total. The Morgan fingerprint density at radius 3 is 2.91 bits per heavy atom. The lowest BCUT2D eigenvalue weighted by Gasteiger charge is -2.03. The Labute approximate surface area is 80.5 Å². The van der Waals surface area contributed by atoms with Crippen molar-refractivity contribution in [3.63, 3.8) is 0 Å². The summed E-state index contributed by atoms with van der Waals surface area (Å²) in [5.41, 5.74) is 3.02. The standard InChI is InChI=1S/C9H10IN/c1-11-5-7-3-2-4-9(10)8(7)6-11/h2-4H,5-6H2,1H3. The maximum atomic E-state index is 2.41. The Morgan fingerprint density at radius 2 is 2.18 bits per heavy atom. The molecule has 1 aromatic rings. The second-order valence-corrected chi connectivity index (χ2v) is 4.21. The zero-order chi connectivity index (χ0) is 7.84. The van der Waals surface area contributed by atoms with Crippen molar-refractivity contribution < 1.29 is 0 Å². The van der Waals surface area contributed by atoms with Crippen molar-refractivity contribution in [2.24, 2.45) is 0 Å². The third-order valence-corrected chi connectivity index (χ3v) is 3.09. The van der Waals surface area contributed by atoms with Crippen LogP contribution in [0.1, 0.15) is 11.1 Å². The molecule has 0 spiro atoms. The van der Waals surface area contributed by atoms with Gasteiger partial charge in [0, 0.05) is 16.7 Å². The molecule has 1 heterocycles. The van der Waals surface area contributed by atoms with Crippen LogP contribution < -0.4 is 0 Å². The van der Waals surface area contributed by atoms with Crippen molar-refractivity contribution in [1.82, 2.24) is 4.90 Å². The van der Waals surface area contributed by atoms with Crippen LogP contribution in [0.4, 0.5) is 0 Å². The van der Waals surface area contributed by atoms with Crippen molar-refractivity contribution in [1.29, 1.82) is 0 Å². The fourth-order valence-corrected chi connectivity index (χ4v) is 2.27. The second kappa shape index (κ2) is 2.75. The van der Waals surface area contributed by atoms with Crippen LogP contribution in [0.15, 0.2) is 18.2 Å². The summed E-state index contributed by atoms with van der Waals surface area (Å²) in [6.45, 7) is 2.24.